The maximum absolute atomic E-state index is 3.65. The predicted octanol–water partition coefficient (Wildman–Crippen LogP) is 1.61. The van der Waals surface area contributed by atoms with Crippen molar-refractivity contribution in [3.05, 3.63) is 0 Å². The van der Waals surface area contributed by atoms with Crippen molar-refractivity contribution >= 4 is 0 Å². The van der Waals surface area contributed by atoms with Crippen molar-refractivity contribution < 1.29 is 0 Å². The van der Waals surface area contributed by atoms with Gasteiger partial charge in [-0.1, -0.05) is 19.3 Å². The highest BCUT2D eigenvalue weighted by Gasteiger charge is 2.38. The van der Waals surface area contributed by atoms with Crippen LogP contribution in [-0.2, 0) is 0 Å². The largest absolute Gasteiger partial charge is 0.312 e. The maximum Gasteiger partial charge on any atom is 0.0236 e. The van der Waals surface area contributed by atoms with Gasteiger partial charge in [0.05, 0.1) is 0 Å². The van der Waals surface area contributed by atoms with E-state index in [1.807, 2.05) is 0 Å². The molecule has 1 N–H and O–H groups in total. The zero-order valence-corrected chi connectivity index (χ0v) is 9.04. The molecule has 2 atom stereocenters. The minimum absolute atomic E-state index is 0.844. The molecule has 0 radical (unpaired) electrons. The van der Waals surface area contributed by atoms with E-state index in [2.05, 4.69) is 10.2 Å². The van der Waals surface area contributed by atoms with Crippen molar-refractivity contribution in [1.29, 1.82) is 0 Å². The maximum atomic E-state index is 3.65. The number of hydrogen-bond acceptors (Lipinski definition) is 2. The van der Waals surface area contributed by atoms with Crippen molar-refractivity contribution in [2.45, 2.75) is 50.6 Å². The van der Waals surface area contributed by atoms with Gasteiger partial charge in [-0.2, -0.15) is 0 Å². The van der Waals surface area contributed by atoms with Gasteiger partial charge in [0, 0.05) is 25.2 Å². The number of likely N-dealkylation sites (tertiary alicyclic amines) is 1. The topological polar surface area (TPSA) is 15.3 Å². The first-order valence-electron chi connectivity index (χ1n) is 6.41. The molecule has 0 bridgehead atoms. The number of hydrogen-bond donors (Lipinski definition) is 1. The Balaban J connectivity index is 1.59. The van der Waals surface area contributed by atoms with Crippen molar-refractivity contribution in [2.24, 2.45) is 5.92 Å². The zero-order valence-electron chi connectivity index (χ0n) is 9.04. The summed E-state index contributed by atoms with van der Waals surface area (Å²) in [5.74, 6) is 0.983. The Morgan fingerprint density at radius 1 is 0.929 bits per heavy atom. The van der Waals surface area contributed by atoms with Crippen LogP contribution in [0.15, 0.2) is 0 Å². The summed E-state index contributed by atoms with van der Waals surface area (Å²) in [6.07, 6.45) is 8.80. The van der Waals surface area contributed by atoms with Gasteiger partial charge in [-0.3, -0.25) is 4.90 Å². The lowest BCUT2D eigenvalue weighted by atomic mass is 9.94. The molecule has 2 heteroatoms. The van der Waals surface area contributed by atoms with Crippen molar-refractivity contribution in [2.75, 3.05) is 19.6 Å². The Labute approximate surface area is 87.0 Å². The smallest absolute Gasteiger partial charge is 0.0236 e. The molecule has 2 aliphatic heterocycles. The van der Waals surface area contributed by atoms with Crippen LogP contribution >= 0.6 is 0 Å². The van der Waals surface area contributed by atoms with Crippen LogP contribution in [0.5, 0.6) is 0 Å². The summed E-state index contributed by atoms with van der Waals surface area (Å²) in [5, 5.41) is 3.65. The monoisotopic (exact) mass is 194 g/mol. The molecule has 0 aromatic rings. The molecule has 0 spiro atoms. The van der Waals surface area contributed by atoms with Gasteiger partial charge in [-0.15, -0.1) is 0 Å². The summed E-state index contributed by atoms with van der Waals surface area (Å²) in [4.78, 5) is 2.78. The van der Waals surface area contributed by atoms with E-state index >= 15 is 0 Å². The molecule has 2 nitrogen and oxygen atoms in total. The summed E-state index contributed by atoms with van der Waals surface area (Å²) in [6, 6.07) is 1.79. The number of nitrogens with zero attached hydrogens (tertiary/aromatic N) is 1. The lowest BCUT2D eigenvalue weighted by Crippen LogP contribution is -2.38. The van der Waals surface area contributed by atoms with Crippen LogP contribution in [0.1, 0.15) is 38.5 Å². The fourth-order valence-corrected chi connectivity index (χ4v) is 3.63. The van der Waals surface area contributed by atoms with E-state index in [4.69, 9.17) is 0 Å². The molecule has 0 amide bonds. The van der Waals surface area contributed by atoms with Crippen LogP contribution in [-0.4, -0.2) is 36.6 Å². The third-order valence-electron chi connectivity index (χ3n) is 4.48. The molecule has 2 saturated heterocycles. The van der Waals surface area contributed by atoms with Crippen LogP contribution < -0.4 is 5.32 Å². The predicted molar refractivity (Wildman–Crippen MR) is 58.3 cm³/mol. The van der Waals surface area contributed by atoms with Crippen LogP contribution in [0.4, 0.5) is 0 Å². The molecule has 0 aromatic carbocycles. The first-order valence-corrected chi connectivity index (χ1v) is 6.41. The second-order valence-corrected chi connectivity index (χ2v) is 5.36. The Kier molecular flexibility index (Phi) is 2.50. The van der Waals surface area contributed by atoms with Gasteiger partial charge in [0.2, 0.25) is 0 Å². The van der Waals surface area contributed by atoms with Crippen molar-refractivity contribution in [3.8, 4) is 0 Å². The molecular formula is C12H22N2. The van der Waals surface area contributed by atoms with Gasteiger partial charge in [-0.05, 0) is 31.7 Å². The second-order valence-electron chi connectivity index (χ2n) is 5.36. The van der Waals surface area contributed by atoms with Gasteiger partial charge >= 0.3 is 0 Å². The van der Waals surface area contributed by atoms with E-state index in [9.17, 15) is 0 Å². The molecule has 1 aliphatic carbocycles. The molecule has 0 unspecified atom stereocenters. The third kappa shape index (κ3) is 1.59. The lowest BCUT2D eigenvalue weighted by molar-refractivity contribution is 0.180. The number of nitrogens with one attached hydrogen (secondary N) is 1. The Morgan fingerprint density at radius 3 is 2.57 bits per heavy atom. The molecule has 1 saturated carbocycles. The average Bonchev–Trinajstić information content (AvgIpc) is 2.78. The van der Waals surface area contributed by atoms with E-state index in [0.29, 0.717) is 0 Å². The molecule has 3 aliphatic rings. The van der Waals surface area contributed by atoms with Gasteiger partial charge in [-0.25, -0.2) is 0 Å². The fraction of sp³-hybridized carbons (Fsp3) is 1.00. The highest BCUT2D eigenvalue weighted by molar-refractivity contribution is 4.96. The number of fused-ring (bicyclic) bond motifs is 1. The summed E-state index contributed by atoms with van der Waals surface area (Å²) in [5.41, 5.74) is 0. The highest BCUT2D eigenvalue weighted by atomic mass is 15.2. The standard InChI is InChI=1S/C12H22N2/c1-2-4-11(5-3-1)14-8-10-6-7-13-12(10)9-14/h10-13H,1-9H2/t10-,12+/m0/s1. The van der Waals surface area contributed by atoms with Crippen molar-refractivity contribution in [3.63, 3.8) is 0 Å². The molecule has 3 fully saturated rings. The molecule has 0 aromatic heterocycles. The van der Waals surface area contributed by atoms with Gasteiger partial charge in [0.25, 0.3) is 0 Å². The molecular weight excluding hydrogens is 172 g/mol. The first kappa shape index (κ1) is 9.17. The highest BCUT2D eigenvalue weighted by Crippen LogP contribution is 2.30. The fourth-order valence-electron chi connectivity index (χ4n) is 3.63. The van der Waals surface area contributed by atoms with Gasteiger partial charge in [0.15, 0.2) is 0 Å². The number of rotatable bonds is 1. The average molecular weight is 194 g/mol. The molecule has 80 valence electrons. The van der Waals surface area contributed by atoms with Gasteiger partial charge in [0.1, 0.15) is 0 Å². The quantitative estimate of drug-likeness (QED) is 0.682. The van der Waals surface area contributed by atoms with E-state index in [1.54, 1.807) is 0 Å². The zero-order chi connectivity index (χ0) is 9.38. The van der Waals surface area contributed by atoms with Crippen molar-refractivity contribution in [1.82, 2.24) is 10.2 Å². The minimum atomic E-state index is 0.844. The summed E-state index contributed by atoms with van der Waals surface area (Å²) in [7, 11) is 0. The Hall–Kier alpha value is -0.0800. The van der Waals surface area contributed by atoms with E-state index in [-0.39, 0.29) is 0 Å². The van der Waals surface area contributed by atoms with Gasteiger partial charge < -0.3 is 5.32 Å². The Morgan fingerprint density at radius 2 is 1.79 bits per heavy atom. The third-order valence-corrected chi connectivity index (χ3v) is 4.48. The van der Waals surface area contributed by atoms with E-state index in [1.165, 1.54) is 58.2 Å². The minimum Gasteiger partial charge on any atom is -0.312 e. The molecule has 2 heterocycles. The normalized spacial score (nSPS) is 40.3. The van der Waals surface area contributed by atoms with Crippen LogP contribution in [0, 0.1) is 5.92 Å². The van der Waals surface area contributed by atoms with Crippen LogP contribution in [0.3, 0.4) is 0 Å². The summed E-state index contributed by atoms with van der Waals surface area (Å²) in [6.45, 7) is 4.01. The Bertz CT molecular complexity index is 186. The SMILES string of the molecule is C1CCC(N2C[C@@H]3CCN[C@@H]3C2)CC1. The van der Waals surface area contributed by atoms with Crippen LogP contribution in [0.25, 0.3) is 0 Å². The van der Waals surface area contributed by atoms with Crippen LogP contribution in [0.2, 0.25) is 0 Å². The van der Waals surface area contributed by atoms with E-state index < -0.39 is 0 Å². The first-order chi connectivity index (χ1) is 6.93. The lowest BCUT2D eigenvalue weighted by Gasteiger charge is -2.31. The molecule has 3 rings (SSSR count). The van der Waals surface area contributed by atoms with E-state index in [0.717, 1.165) is 18.0 Å². The second kappa shape index (κ2) is 3.82. The summed E-state index contributed by atoms with van der Waals surface area (Å²) >= 11 is 0. The molecule has 14 heavy (non-hydrogen) atoms. The summed E-state index contributed by atoms with van der Waals surface area (Å²) < 4.78 is 0.